The molecule has 1 atom stereocenters. The highest BCUT2D eigenvalue weighted by Crippen LogP contribution is 2.43. The lowest BCUT2D eigenvalue weighted by molar-refractivity contribution is -0.0858. The third kappa shape index (κ3) is 1.61. The monoisotopic (exact) mass is 251 g/mol. The summed E-state index contributed by atoms with van der Waals surface area (Å²) in [6, 6.07) is 0. The van der Waals surface area contributed by atoms with Crippen molar-refractivity contribution in [2.45, 2.75) is 56.6 Å². The Morgan fingerprint density at radius 1 is 1.33 bits per heavy atom. The van der Waals surface area contributed by atoms with E-state index >= 15 is 0 Å². The van der Waals surface area contributed by atoms with Gasteiger partial charge in [0.25, 0.3) is 0 Å². The normalized spacial score (nSPS) is 30.3. The average Bonchev–Trinajstić information content (AvgIpc) is 2.97. The van der Waals surface area contributed by atoms with E-state index in [-0.39, 0.29) is 11.1 Å². The molecule has 1 saturated carbocycles. The molecule has 5 heteroatoms. The van der Waals surface area contributed by atoms with Crippen molar-refractivity contribution < 1.29 is 9.26 Å². The molecule has 100 valence electrons. The van der Waals surface area contributed by atoms with Crippen LogP contribution in [0.1, 0.15) is 57.2 Å². The molecular weight excluding hydrogens is 230 g/mol. The lowest BCUT2D eigenvalue weighted by Crippen LogP contribution is -2.38. The van der Waals surface area contributed by atoms with Crippen LogP contribution in [0.15, 0.2) is 4.52 Å². The van der Waals surface area contributed by atoms with Gasteiger partial charge in [0.05, 0.1) is 5.54 Å². The van der Waals surface area contributed by atoms with Crippen molar-refractivity contribution in [3.8, 4) is 0 Å². The quantitative estimate of drug-likeness (QED) is 0.887. The molecule has 0 aromatic carbocycles. The van der Waals surface area contributed by atoms with Gasteiger partial charge in [-0.25, -0.2) is 0 Å². The molecule has 0 radical (unpaired) electrons. The minimum atomic E-state index is -0.282. The number of methoxy groups -OCH3 is 1. The van der Waals surface area contributed by atoms with E-state index in [0.717, 1.165) is 43.9 Å². The van der Waals surface area contributed by atoms with Crippen molar-refractivity contribution >= 4 is 0 Å². The first kappa shape index (κ1) is 12.1. The van der Waals surface area contributed by atoms with Gasteiger partial charge in [0.15, 0.2) is 0 Å². The average molecular weight is 251 g/mol. The minimum Gasteiger partial charge on any atom is -0.370 e. The topological polar surface area (TPSA) is 60.2 Å². The molecule has 2 aliphatic rings. The molecule has 1 saturated heterocycles. The zero-order chi connectivity index (χ0) is 12.6. The van der Waals surface area contributed by atoms with Gasteiger partial charge in [-0.1, -0.05) is 12.1 Å². The summed E-state index contributed by atoms with van der Waals surface area (Å²) in [5.41, 5.74) is -0.390. The molecular formula is C13H21N3O2. The first-order valence-corrected chi connectivity index (χ1v) is 6.89. The largest absolute Gasteiger partial charge is 0.370 e. The van der Waals surface area contributed by atoms with Gasteiger partial charge in [-0.05, 0) is 45.1 Å². The Bertz CT molecular complexity index is 414. The van der Waals surface area contributed by atoms with E-state index in [0.29, 0.717) is 0 Å². The van der Waals surface area contributed by atoms with Crippen molar-refractivity contribution in [1.82, 2.24) is 15.5 Å². The molecule has 1 aliphatic heterocycles. The zero-order valence-corrected chi connectivity index (χ0v) is 11.2. The van der Waals surface area contributed by atoms with Gasteiger partial charge in [-0.15, -0.1) is 0 Å². The van der Waals surface area contributed by atoms with Crippen molar-refractivity contribution in [1.29, 1.82) is 0 Å². The lowest BCUT2D eigenvalue weighted by atomic mass is 9.79. The summed E-state index contributed by atoms with van der Waals surface area (Å²) in [5.74, 6) is 1.47. The fourth-order valence-electron chi connectivity index (χ4n) is 3.06. The summed E-state index contributed by atoms with van der Waals surface area (Å²) in [6.07, 6.45) is 6.39. The van der Waals surface area contributed by atoms with Crippen LogP contribution >= 0.6 is 0 Å². The summed E-state index contributed by atoms with van der Waals surface area (Å²) in [4.78, 5) is 4.64. The van der Waals surface area contributed by atoms with Gasteiger partial charge in [-0.2, -0.15) is 4.98 Å². The molecule has 5 nitrogen and oxygen atoms in total. The SMILES string of the molecule is CCC1(c2nc(C3(OC)CCC3)no2)CCCN1. The van der Waals surface area contributed by atoms with Crippen LogP contribution in [0.4, 0.5) is 0 Å². The molecule has 2 fully saturated rings. The van der Waals surface area contributed by atoms with E-state index < -0.39 is 0 Å². The van der Waals surface area contributed by atoms with Crippen LogP contribution < -0.4 is 5.32 Å². The number of rotatable bonds is 4. The Kier molecular flexibility index (Phi) is 2.90. The van der Waals surface area contributed by atoms with E-state index in [9.17, 15) is 0 Å². The maximum atomic E-state index is 5.60. The van der Waals surface area contributed by atoms with Crippen molar-refractivity contribution in [2.24, 2.45) is 0 Å². The van der Waals surface area contributed by atoms with E-state index in [2.05, 4.69) is 22.4 Å². The molecule has 1 N–H and O–H groups in total. The van der Waals surface area contributed by atoms with Crippen LogP contribution in [-0.2, 0) is 15.9 Å². The molecule has 0 bridgehead atoms. The Balaban J connectivity index is 1.89. The molecule has 1 unspecified atom stereocenters. The number of ether oxygens (including phenoxy) is 1. The predicted octanol–water partition coefficient (Wildman–Crippen LogP) is 2.08. The minimum absolute atomic E-state index is 0.107. The molecule has 18 heavy (non-hydrogen) atoms. The highest BCUT2D eigenvalue weighted by atomic mass is 16.5. The van der Waals surface area contributed by atoms with Gasteiger partial charge in [0.1, 0.15) is 5.60 Å². The molecule has 3 rings (SSSR count). The first-order valence-electron chi connectivity index (χ1n) is 6.89. The number of nitrogens with one attached hydrogen (secondary N) is 1. The van der Waals surface area contributed by atoms with Gasteiger partial charge >= 0.3 is 0 Å². The van der Waals surface area contributed by atoms with E-state index in [1.165, 1.54) is 12.8 Å². The van der Waals surface area contributed by atoms with Crippen LogP contribution in [-0.4, -0.2) is 23.8 Å². The van der Waals surface area contributed by atoms with Crippen LogP contribution in [0, 0.1) is 0 Å². The third-order valence-electron chi connectivity index (χ3n) is 4.64. The number of hydrogen-bond acceptors (Lipinski definition) is 5. The van der Waals surface area contributed by atoms with Crippen LogP contribution in [0.2, 0.25) is 0 Å². The smallest absolute Gasteiger partial charge is 0.247 e. The molecule has 1 aromatic heterocycles. The third-order valence-corrected chi connectivity index (χ3v) is 4.64. The van der Waals surface area contributed by atoms with Gasteiger partial charge in [0, 0.05) is 7.11 Å². The molecule has 0 amide bonds. The van der Waals surface area contributed by atoms with E-state index in [1.807, 2.05) is 0 Å². The van der Waals surface area contributed by atoms with Crippen LogP contribution in [0.25, 0.3) is 0 Å². The second-order valence-electron chi connectivity index (χ2n) is 5.44. The lowest BCUT2D eigenvalue weighted by Gasteiger charge is -2.37. The van der Waals surface area contributed by atoms with Crippen molar-refractivity contribution in [3.63, 3.8) is 0 Å². The number of nitrogens with zero attached hydrogens (tertiary/aromatic N) is 2. The molecule has 2 heterocycles. The Morgan fingerprint density at radius 3 is 2.67 bits per heavy atom. The van der Waals surface area contributed by atoms with Crippen LogP contribution in [0.3, 0.4) is 0 Å². The summed E-state index contributed by atoms with van der Waals surface area (Å²) >= 11 is 0. The molecule has 1 aliphatic carbocycles. The van der Waals surface area contributed by atoms with Gasteiger partial charge in [0.2, 0.25) is 11.7 Å². The van der Waals surface area contributed by atoms with E-state index in [1.54, 1.807) is 7.11 Å². The number of hydrogen-bond donors (Lipinski definition) is 1. The summed E-state index contributed by atoms with van der Waals surface area (Å²) in [5, 5.41) is 7.69. The summed E-state index contributed by atoms with van der Waals surface area (Å²) in [7, 11) is 1.73. The Labute approximate surface area is 107 Å². The van der Waals surface area contributed by atoms with Crippen molar-refractivity contribution in [2.75, 3.05) is 13.7 Å². The van der Waals surface area contributed by atoms with Crippen LogP contribution in [0.5, 0.6) is 0 Å². The van der Waals surface area contributed by atoms with E-state index in [4.69, 9.17) is 9.26 Å². The maximum absolute atomic E-state index is 5.60. The second kappa shape index (κ2) is 4.31. The fourth-order valence-corrected chi connectivity index (χ4v) is 3.06. The molecule has 1 aromatic rings. The fraction of sp³-hybridized carbons (Fsp3) is 0.846. The maximum Gasteiger partial charge on any atom is 0.247 e. The second-order valence-corrected chi connectivity index (χ2v) is 5.44. The predicted molar refractivity (Wildman–Crippen MR) is 66.0 cm³/mol. The summed E-state index contributed by atoms with van der Waals surface area (Å²) in [6.45, 7) is 3.19. The molecule has 0 spiro atoms. The first-order chi connectivity index (χ1) is 8.75. The highest BCUT2D eigenvalue weighted by molar-refractivity contribution is 5.12. The zero-order valence-electron chi connectivity index (χ0n) is 11.2. The van der Waals surface area contributed by atoms with Gasteiger partial charge in [-0.3, -0.25) is 0 Å². The Morgan fingerprint density at radius 2 is 2.17 bits per heavy atom. The van der Waals surface area contributed by atoms with Crippen molar-refractivity contribution in [3.05, 3.63) is 11.7 Å². The van der Waals surface area contributed by atoms with Gasteiger partial charge < -0.3 is 14.6 Å². The summed E-state index contributed by atoms with van der Waals surface area (Å²) < 4.78 is 11.1. The number of aromatic nitrogens is 2. The highest BCUT2D eigenvalue weighted by Gasteiger charge is 2.46. The Hall–Kier alpha value is -0.940. The standard InChI is InChI=1S/C13H21N3O2/c1-3-12(6-5-9-14-12)11-15-10(16-18-11)13(17-2)7-4-8-13/h14H,3-9H2,1-2H3.